The molecular weight excluding hydrogens is 265 g/mol. The lowest BCUT2D eigenvalue weighted by molar-refractivity contribution is 0.583. The highest BCUT2D eigenvalue weighted by Crippen LogP contribution is 2.29. The summed E-state index contributed by atoms with van der Waals surface area (Å²) < 4.78 is 13.7. The lowest BCUT2D eigenvalue weighted by Gasteiger charge is -2.23. The molecule has 0 radical (unpaired) electrons. The van der Waals surface area contributed by atoms with Crippen molar-refractivity contribution in [2.24, 2.45) is 0 Å². The van der Waals surface area contributed by atoms with Crippen molar-refractivity contribution in [1.82, 2.24) is 10.3 Å². The van der Waals surface area contributed by atoms with Gasteiger partial charge in [0.2, 0.25) is 0 Å². The van der Waals surface area contributed by atoms with Gasteiger partial charge in [0.1, 0.15) is 11.6 Å². The molecule has 1 heterocycles. The molecule has 2 rings (SSSR count). The van der Waals surface area contributed by atoms with Crippen LogP contribution in [-0.4, -0.2) is 11.5 Å². The maximum absolute atomic E-state index is 13.7. The quantitative estimate of drug-likeness (QED) is 0.884. The summed E-state index contributed by atoms with van der Waals surface area (Å²) in [7, 11) is 0. The van der Waals surface area contributed by atoms with E-state index in [0.29, 0.717) is 5.82 Å². The van der Waals surface area contributed by atoms with Gasteiger partial charge in [-0.3, -0.25) is 0 Å². The van der Waals surface area contributed by atoms with Crippen LogP contribution < -0.4 is 11.1 Å². The largest absolute Gasteiger partial charge is 0.383 e. The van der Waals surface area contributed by atoms with Gasteiger partial charge in [0, 0.05) is 11.8 Å². The molecule has 0 aliphatic heterocycles. The monoisotopic (exact) mass is 287 g/mol. The van der Waals surface area contributed by atoms with Gasteiger partial charge < -0.3 is 11.1 Å². The van der Waals surface area contributed by atoms with Crippen LogP contribution in [-0.2, 0) is 0 Å². The number of nitrogens with two attached hydrogens (primary N) is 1. The van der Waals surface area contributed by atoms with Gasteiger partial charge in [0.15, 0.2) is 0 Å². The van der Waals surface area contributed by atoms with E-state index in [1.165, 1.54) is 6.07 Å². The van der Waals surface area contributed by atoms with Crippen LogP contribution in [0.15, 0.2) is 30.5 Å². The number of hydrogen-bond donors (Lipinski definition) is 2. The van der Waals surface area contributed by atoms with E-state index in [1.807, 2.05) is 19.9 Å². The first-order chi connectivity index (χ1) is 10.0. The Morgan fingerprint density at radius 1 is 1.24 bits per heavy atom. The summed E-state index contributed by atoms with van der Waals surface area (Å²) in [6, 6.07) is 6.72. The van der Waals surface area contributed by atoms with Crippen molar-refractivity contribution >= 4 is 5.82 Å². The lowest BCUT2D eigenvalue weighted by atomic mass is 9.94. The zero-order valence-electron chi connectivity index (χ0n) is 12.8. The molecule has 3 N–H and O–H groups in total. The van der Waals surface area contributed by atoms with Gasteiger partial charge in [-0.05, 0) is 61.7 Å². The van der Waals surface area contributed by atoms with E-state index in [9.17, 15) is 4.39 Å². The summed E-state index contributed by atoms with van der Waals surface area (Å²) >= 11 is 0. The molecule has 1 atom stereocenters. The molecule has 0 amide bonds. The van der Waals surface area contributed by atoms with Gasteiger partial charge in [0.05, 0.1) is 6.04 Å². The van der Waals surface area contributed by atoms with Gasteiger partial charge in [-0.15, -0.1) is 0 Å². The standard InChI is InChI=1S/C17H22FN3/c1-4-7-20-16(14-9-13(18)6-5-12(14)3)15-8-11(2)10-21-17(15)19/h5-6,8-10,16,20H,4,7H2,1-3H3,(H2,19,21). The van der Waals surface area contributed by atoms with Crippen molar-refractivity contribution in [2.45, 2.75) is 33.2 Å². The number of pyridine rings is 1. The number of nitrogens with one attached hydrogen (secondary N) is 1. The molecule has 0 aliphatic rings. The number of nitrogen functional groups attached to an aromatic ring is 1. The van der Waals surface area contributed by atoms with Crippen LogP contribution in [0.5, 0.6) is 0 Å². The fraction of sp³-hybridized carbons (Fsp3) is 0.353. The summed E-state index contributed by atoms with van der Waals surface area (Å²) in [6.07, 6.45) is 2.73. The molecule has 4 heteroatoms. The van der Waals surface area contributed by atoms with E-state index >= 15 is 0 Å². The molecule has 1 aromatic heterocycles. The molecule has 0 saturated heterocycles. The Bertz CT molecular complexity index is 574. The summed E-state index contributed by atoms with van der Waals surface area (Å²) in [5.74, 6) is 0.246. The first-order valence-electron chi connectivity index (χ1n) is 7.24. The molecule has 0 spiro atoms. The average Bonchev–Trinajstić information content (AvgIpc) is 2.46. The Labute approximate surface area is 125 Å². The van der Waals surface area contributed by atoms with Crippen LogP contribution in [0.25, 0.3) is 0 Å². The van der Waals surface area contributed by atoms with Crippen molar-refractivity contribution in [3.8, 4) is 0 Å². The molecule has 1 unspecified atom stereocenters. The number of benzene rings is 1. The molecule has 112 valence electrons. The third-order valence-electron chi connectivity index (χ3n) is 3.55. The van der Waals surface area contributed by atoms with Gasteiger partial charge in [-0.25, -0.2) is 9.37 Å². The molecule has 1 aromatic carbocycles. The van der Waals surface area contributed by atoms with E-state index in [-0.39, 0.29) is 11.9 Å². The predicted molar refractivity (Wildman–Crippen MR) is 84.7 cm³/mol. The molecular formula is C17H22FN3. The Morgan fingerprint density at radius 3 is 2.71 bits per heavy atom. The van der Waals surface area contributed by atoms with Gasteiger partial charge in [-0.2, -0.15) is 0 Å². The highest BCUT2D eigenvalue weighted by Gasteiger charge is 2.19. The van der Waals surface area contributed by atoms with Gasteiger partial charge >= 0.3 is 0 Å². The zero-order valence-corrected chi connectivity index (χ0v) is 12.8. The topological polar surface area (TPSA) is 50.9 Å². The maximum Gasteiger partial charge on any atom is 0.128 e. The van der Waals surface area contributed by atoms with E-state index in [2.05, 4.69) is 17.2 Å². The Balaban J connectivity index is 2.52. The fourth-order valence-electron chi connectivity index (χ4n) is 2.43. The predicted octanol–water partition coefficient (Wildman–Crippen LogP) is 3.51. The number of aryl methyl sites for hydroxylation is 2. The number of halogens is 1. The summed E-state index contributed by atoms with van der Waals surface area (Å²) in [4.78, 5) is 4.23. The second kappa shape index (κ2) is 6.68. The summed E-state index contributed by atoms with van der Waals surface area (Å²) in [5, 5.41) is 3.45. The van der Waals surface area contributed by atoms with Crippen molar-refractivity contribution in [1.29, 1.82) is 0 Å². The van der Waals surface area contributed by atoms with Crippen LogP contribution in [0.3, 0.4) is 0 Å². The van der Waals surface area contributed by atoms with Crippen LogP contribution in [0.4, 0.5) is 10.2 Å². The zero-order chi connectivity index (χ0) is 15.4. The summed E-state index contributed by atoms with van der Waals surface area (Å²) in [6.45, 7) is 6.88. The minimum atomic E-state index is -0.238. The Hall–Kier alpha value is -1.94. The second-order valence-electron chi connectivity index (χ2n) is 5.38. The van der Waals surface area contributed by atoms with E-state index < -0.39 is 0 Å². The average molecular weight is 287 g/mol. The molecule has 0 aliphatic carbocycles. The third kappa shape index (κ3) is 3.58. The van der Waals surface area contributed by atoms with Crippen LogP contribution in [0, 0.1) is 19.7 Å². The molecule has 3 nitrogen and oxygen atoms in total. The van der Waals surface area contributed by atoms with Gasteiger partial charge in [-0.1, -0.05) is 13.0 Å². The summed E-state index contributed by atoms with van der Waals surface area (Å²) in [5.41, 5.74) is 9.92. The Morgan fingerprint density at radius 2 is 2.00 bits per heavy atom. The number of aromatic nitrogens is 1. The number of anilines is 1. The van der Waals surface area contributed by atoms with E-state index in [1.54, 1.807) is 18.3 Å². The molecule has 0 fully saturated rings. The van der Waals surface area contributed by atoms with Crippen LogP contribution >= 0.6 is 0 Å². The maximum atomic E-state index is 13.7. The SMILES string of the molecule is CCCNC(c1cc(F)ccc1C)c1cc(C)cnc1N. The van der Waals surface area contributed by atoms with Crippen molar-refractivity contribution in [3.63, 3.8) is 0 Å². The van der Waals surface area contributed by atoms with E-state index in [4.69, 9.17) is 5.73 Å². The number of rotatable bonds is 5. The van der Waals surface area contributed by atoms with Crippen molar-refractivity contribution < 1.29 is 4.39 Å². The molecule has 0 saturated carbocycles. The Kier molecular flexibility index (Phi) is 4.91. The highest BCUT2D eigenvalue weighted by atomic mass is 19.1. The van der Waals surface area contributed by atoms with Crippen molar-refractivity contribution in [3.05, 3.63) is 58.5 Å². The minimum Gasteiger partial charge on any atom is -0.383 e. The number of nitrogens with zero attached hydrogens (tertiary/aromatic N) is 1. The second-order valence-corrected chi connectivity index (χ2v) is 5.38. The van der Waals surface area contributed by atoms with Crippen LogP contribution in [0.2, 0.25) is 0 Å². The van der Waals surface area contributed by atoms with Gasteiger partial charge in [0.25, 0.3) is 0 Å². The van der Waals surface area contributed by atoms with E-state index in [0.717, 1.165) is 35.2 Å². The lowest BCUT2D eigenvalue weighted by Crippen LogP contribution is -2.25. The first kappa shape index (κ1) is 15.4. The normalized spacial score (nSPS) is 12.4. The van der Waals surface area contributed by atoms with Crippen molar-refractivity contribution in [2.75, 3.05) is 12.3 Å². The first-order valence-corrected chi connectivity index (χ1v) is 7.24. The number of hydrogen-bond acceptors (Lipinski definition) is 3. The highest BCUT2D eigenvalue weighted by molar-refractivity contribution is 5.48. The fourth-order valence-corrected chi connectivity index (χ4v) is 2.43. The van der Waals surface area contributed by atoms with Crippen LogP contribution in [0.1, 0.15) is 41.6 Å². The molecule has 21 heavy (non-hydrogen) atoms. The minimum absolute atomic E-state index is 0.145. The smallest absolute Gasteiger partial charge is 0.128 e. The third-order valence-corrected chi connectivity index (χ3v) is 3.55. The molecule has 0 bridgehead atoms. The molecule has 2 aromatic rings.